The van der Waals surface area contributed by atoms with Crippen LogP contribution in [0.3, 0.4) is 0 Å². The third kappa shape index (κ3) is 3.22. The van der Waals surface area contributed by atoms with E-state index in [9.17, 15) is 8.42 Å². The normalized spacial score (nSPS) is 24.7. The van der Waals surface area contributed by atoms with Crippen molar-refractivity contribution in [3.8, 4) is 0 Å². The topological polar surface area (TPSA) is 55.4 Å². The first-order valence-electron chi connectivity index (χ1n) is 7.28. The van der Waals surface area contributed by atoms with Gasteiger partial charge in [0.15, 0.2) is 0 Å². The predicted octanol–water partition coefficient (Wildman–Crippen LogP) is 2.16. The molecule has 2 fully saturated rings. The van der Waals surface area contributed by atoms with Gasteiger partial charge >= 0.3 is 0 Å². The lowest BCUT2D eigenvalue weighted by molar-refractivity contribution is 0.108. The molecule has 1 heterocycles. The minimum Gasteiger partial charge on any atom is -0.378 e. The van der Waals surface area contributed by atoms with E-state index in [1.54, 1.807) is 0 Å². The monoisotopic (exact) mass is 295 g/mol. The second-order valence-corrected chi connectivity index (χ2v) is 7.63. The maximum absolute atomic E-state index is 12.2. The summed E-state index contributed by atoms with van der Waals surface area (Å²) in [6.07, 6.45) is 4.52. The van der Waals surface area contributed by atoms with Crippen LogP contribution in [-0.4, -0.2) is 26.9 Å². The summed E-state index contributed by atoms with van der Waals surface area (Å²) >= 11 is 0. The van der Waals surface area contributed by atoms with Gasteiger partial charge in [0.25, 0.3) is 0 Å². The van der Waals surface area contributed by atoms with Crippen LogP contribution in [0.2, 0.25) is 0 Å². The second-order valence-electron chi connectivity index (χ2n) is 5.79. The van der Waals surface area contributed by atoms with Gasteiger partial charge in [-0.15, -0.1) is 0 Å². The number of hydrogen-bond donors (Lipinski definition) is 1. The molecular formula is C15H21NO3S. The Bertz CT molecular complexity index is 546. The van der Waals surface area contributed by atoms with Crippen LogP contribution in [0.1, 0.15) is 37.7 Å². The minimum absolute atomic E-state index is 0.124. The highest BCUT2D eigenvalue weighted by Crippen LogP contribution is 2.46. The van der Waals surface area contributed by atoms with Gasteiger partial charge in [-0.2, -0.15) is 0 Å². The van der Waals surface area contributed by atoms with E-state index in [-0.39, 0.29) is 17.4 Å². The highest BCUT2D eigenvalue weighted by molar-refractivity contribution is 7.89. The molecule has 1 aliphatic heterocycles. The summed E-state index contributed by atoms with van der Waals surface area (Å²) in [6.45, 7) is 0.770. The van der Waals surface area contributed by atoms with Gasteiger partial charge in [0.05, 0.1) is 17.4 Å². The van der Waals surface area contributed by atoms with E-state index in [4.69, 9.17) is 4.74 Å². The van der Waals surface area contributed by atoms with Gasteiger partial charge < -0.3 is 4.74 Å². The van der Waals surface area contributed by atoms with Crippen LogP contribution in [0, 0.1) is 0 Å². The molecule has 1 saturated carbocycles. The average Bonchev–Trinajstić information content (AvgIpc) is 3.02. The Kier molecular flexibility index (Phi) is 3.84. The smallest absolute Gasteiger partial charge is 0.212 e. The number of ether oxygens (including phenoxy) is 1. The maximum atomic E-state index is 12.2. The fourth-order valence-corrected chi connectivity index (χ4v) is 4.43. The van der Waals surface area contributed by atoms with Crippen molar-refractivity contribution in [3.63, 3.8) is 0 Å². The summed E-state index contributed by atoms with van der Waals surface area (Å²) in [6, 6.07) is 9.85. The van der Waals surface area contributed by atoms with Crippen LogP contribution < -0.4 is 4.72 Å². The SMILES string of the molecule is O=S(=O)(CC[C@@H]1CCCO1)NC1(c2ccccc2)CC1. The van der Waals surface area contributed by atoms with Gasteiger partial charge in [0, 0.05) is 6.61 Å². The molecule has 2 aliphatic rings. The van der Waals surface area contributed by atoms with Crippen molar-refractivity contribution in [2.24, 2.45) is 0 Å². The molecule has 1 saturated heterocycles. The zero-order valence-corrected chi connectivity index (χ0v) is 12.4. The molecule has 4 nitrogen and oxygen atoms in total. The molecule has 0 unspecified atom stereocenters. The van der Waals surface area contributed by atoms with Crippen LogP contribution in [-0.2, 0) is 20.3 Å². The number of rotatable bonds is 6. The molecule has 0 bridgehead atoms. The first-order valence-corrected chi connectivity index (χ1v) is 8.94. The molecule has 1 atom stereocenters. The maximum Gasteiger partial charge on any atom is 0.212 e. The summed E-state index contributed by atoms with van der Waals surface area (Å²) in [7, 11) is -3.24. The molecule has 0 radical (unpaired) electrons. The number of benzene rings is 1. The van der Waals surface area contributed by atoms with Gasteiger partial charge in [-0.05, 0) is 37.7 Å². The van der Waals surface area contributed by atoms with Crippen molar-refractivity contribution in [3.05, 3.63) is 35.9 Å². The predicted molar refractivity (Wildman–Crippen MR) is 77.9 cm³/mol. The van der Waals surface area contributed by atoms with Crippen molar-refractivity contribution in [2.75, 3.05) is 12.4 Å². The van der Waals surface area contributed by atoms with E-state index in [1.807, 2.05) is 30.3 Å². The Morgan fingerprint density at radius 3 is 2.60 bits per heavy atom. The summed E-state index contributed by atoms with van der Waals surface area (Å²) in [4.78, 5) is 0. The molecule has 0 amide bonds. The van der Waals surface area contributed by atoms with E-state index in [0.717, 1.165) is 37.9 Å². The van der Waals surface area contributed by atoms with E-state index < -0.39 is 10.0 Å². The Balaban J connectivity index is 1.61. The fourth-order valence-electron chi connectivity index (χ4n) is 2.84. The van der Waals surface area contributed by atoms with Crippen molar-refractivity contribution in [1.29, 1.82) is 0 Å². The van der Waals surface area contributed by atoms with E-state index >= 15 is 0 Å². The molecule has 110 valence electrons. The van der Waals surface area contributed by atoms with E-state index in [0.29, 0.717) is 6.42 Å². The Morgan fingerprint density at radius 2 is 2.00 bits per heavy atom. The molecule has 5 heteroatoms. The van der Waals surface area contributed by atoms with Crippen molar-refractivity contribution in [2.45, 2.75) is 43.7 Å². The number of hydrogen-bond acceptors (Lipinski definition) is 3. The van der Waals surface area contributed by atoms with E-state index in [2.05, 4.69) is 4.72 Å². The zero-order chi connectivity index (χ0) is 14.1. The van der Waals surface area contributed by atoms with Gasteiger partial charge in [0.2, 0.25) is 10.0 Å². The number of nitrogens with one attached hydrogen (secondary N) is 1. The van der Waals surface area contributed by atoms with Gasteiger partial charge in [-0.1, -0.05) is 30.3 Å². The molecule has 3 rings (SSSR count). The highest BCUT2D eigenvalue weighted by Gasteiger charge is 2.47. The highest BCUT2D eigenvalue weighted by atomic mass is 32.2. The minimum atomic E-state index is -3.24. The summed E-state index contributed by atoms with van der Waals surface area (Å²) in [5.74, 6) is 0.159. The molecule has 1 N–H and O–H groups in total. The van der Waals surface area contributed by atoms with Crippen LogP contribution in [0.4, 0.5) is 0 Å². The molecule has 20 heavy (non-hydrogen) atoms. The standard InChI is InChI=1S/C15H21NO3S/c17-20(18,12-8-14-7-4-11-19-14)16-15(9-10-15)13-5-2-1-3-6-13/h1-3,5-6,14,16H,4,7-12H2/t14-/m0/s1. The van der Waals surface area contributed by atoms with Crippen molar-refractivity contribution >= 4 is 10.0 Å². The third-order valence-corrected chi connectivity index (χ3v) is 5.63. The molecule has 0 spiro atoms. The summed E-state index contributed by atoms with van der Waals surface area (Å²) in [5, 5.41) is 0. The summed E-state index contributed by atoms with van der Waals surface area (Å²) in [5.41, 5.74) is 0.720. The first-order chi connectivity index (χ1) is 9.60. The van der Waals surface area contributed by atoms with Crippen LogP contribution in [0.25, 0.3) is 0 Å². The van der Waals surface area contributed by atoms with Gasteiger partial charge in [-0.25, -0.2) is 13.1 Å². The Morgan fingerprint density at radius 1 is 1.25 bits per heavy atom. The molecule has 1 aliphatic carbocycles. The Labute approximate surface area is 120 Å². The molecular weight excluding hydrogens is 274 g/mol. The van der Waals surface area contributed by atoms with Crippen LogP contribution >= 0.6 is 0 Å². The molecule has 1 aromatic carbocycles. The third-order valence-electron chi connectivity index (χ3n) is 4.16. The molecule has 0 aromatic heterocycles. The number of sulfonamides is 1. The lowest BCUT2D eigenvalue weighted by atomic mass is 10.1. The van der Waals surface area contributed by atoms with Crippen molar-refractivity contribution in [1.82, 2.24) is 4.72 Å². The van der Waals surface area contributed by atoms with E-state index in [1.165, 1.54) is 0 Å². The van der Waals surface area contributed by atoms with Crippen molar-refractivity contribution < 1.29 is 13.2 Å². The lowest BCUT2D eigenvalue weighted by Gasteiger charge is -2.18. The quantitative estimate of drug-likeness (QED) is 0.875. The summed E-state index contributed by atoms with van der Waals surface area (Å²) < 4.78 is 32.9. The Hall–Kier alpha value is -0.910. The first kappa shape index (κ1) is 14.0. The van der Waals surface area contributed by atoms with Crippen LogP contribution in [0.15, 0.2) is 30.3 Å². The van der Waals surface area contributed by atoms with Gasteiger partial charge in [0.1, 0.15) is 0 Å². The zero-order valence-electron chi connectivity index (χ0n) is 11.5. The van der Waals surface area contributed by atoms with Gasteiger partial charge in [-0.3, -0.25) is 0 Å². The lowest BCUT2D eigenvalue weighted by Crippen LogP contribution is -2.37. The largest absolute Gasteiger partial charge is 0.378 e. The average molecular weight is 295 g/mol. The molecule has 1 aromatic rings. The fraction of sp³-hybridized carbons (Fsp3) is 0.600. The van der Waals surface area contributed by atoms with Crippen LogP contribution in [0.5, 0.6) is 0 Å². The second kappa shape index (κ2) is 5.47.